The van der Waals surface area contributed by atoms with E-state index in [-0.39, 0.29) is 35.0 Å². The van der Waals surface area contributed by atoms with Gasteiger partial charge in [0.25, 0.3) is 15.7 Å². The van der Waals surface area contributed by atoms with Crippen LogP contribution in [-0.2, 0) is 26.2 Å². The second-order valence-corrected chi connectivity index (χ2v) is 13.9. The van der Waals surface area contributed by atoms with Crippen molar-refractivity contribution in [2.75, 3.05) is 18.0 Å². The first-order valence-corrected chi connectivity index (χ1v) is 16.1. The third kappa shape index (κ3) is 8.52. The van der Waals surface area contributed by atoms with E-state index < -0.39 is 55.5 Å². The van der Waals surface area contributed by atoms with Crippen LogP contribution >= 0.6 is 11.6 Å². The summed E-state index contributed by atoms with van der Waals surface area (Å²) < 4.78 is 34.8. The van der Waals surface area contributed by atoms with Gasteiger partial charge in [-0.25, -0.2) is 8.42 Å². The van der Waals surface area contributed by atoms with E-state index in [1.807, 2.05) is 52.0 Å². The number of ether oxygens (including phenoxy) is 1. The number of methoxy groups -OCH3 is 1. The van der Waals surface area contributed by atoms with Gasteiger partial charge in [0.15, 0.2) is 0 Å². The first-order chi connectivity index (χ1) is 21.0. The summed E-state index contributed by atoms with van der Waals surface area (Å²) in [4.78, 5) is 39.9. The molecule has 0 aromatic heterocycles. The van der Waals surface area contributed by atoms with Crippen molar-refractivity contribution >= 4 is 44.8 Å². The quantitative estimate of drug-likeness (QED) is 0.192. The molecule has 0 aliphatic rings. The Hall–Kier alpha value is -4.16. The summed E-state index contributed by atoms with van der Waals surface area (Å²) in [7, 11) is -3.29. The van der Waals surface area contributed by atoms with Crippen molar-refractivity contribution in [1.82, 2.24) is 10.2 Å². The van der Waals surface area contributed by atoms with Crippen LogP contribution in [0.25, 0.3) is 0 Å². The number of benzene rings is 3. The molecule has 0 heterocycles. The molecule has 1 N–H and O–H groups in total. The maximum atomic E-state index is 14.4. The average Bonchev–Trinajstić information content (AvgIpc) is 2.95. The summed E-state index contributed by atoms with van der Waals surface area (Å²) in [5, 5.41) is 14.8. The number of carbonyl (C=O) groups is 2. The Kier molecular flexibility index (Phi) is 11.2. The standard InChI is InChI=1S/C32H39ClN4O7S/c1-8-26(31(39)34-32(4,5)6)35(19-23-12-10-9-11-21(23)2)30(38)20-36(28-17-24(33)14-16-29(28)44-7)45(42,43)25-15-13-22(3)27(18-25)37(40)41/h9-18,26H,8,19-20H2,1-7H3,(H,34,39). The number of nitrogens with zero attached hydrogens (tertiary/aromatic N) is 3. The Labute approximate surface area is 269 Å². The maximum absolute atomic E-state index is 14.4. The van der Waals surface area contributed by atoms with Gasteiger partial charge in [0, 0.05) is 28.7 Å². The number of nitro groups is 1. The van der Waals surface area contributed by atoms with Crippen LogP contribution in [0.4, 0.5) is 11.4 Å². The normalized spacial score (nSPS) is 12.3. The number of amides is 2. The van der Waals surface area contributed by atoms with Crippen molar-refractivity contribution < 1.29 is 27.7 Å². The fourth-order valence-electron chi connectivity index (χ4n) is 4.79. The number of halogens is 1. The van der Waals surface area contributed by atoms with Gasteiger partial charge in [0.2, 0.25) is 11.8 Å². The van der Waals surface area contributed by atoms with E-state index in [1.54, 1.807) is 6.92 Å². The molecule has 2 amide bonds. The Balaban J connectivity index is 2.21. The molecule has 0 aliphatic heterocycles. The average molecular weight is 659 g/mol. The molecular formula is C32H39ClN4O7S. The lowest BCUT2D eigenvalue weighted by Gasteiger charge is -2.35. The number of anilines is 1. The molecular weight excluding hydrogens is 620 g/mol. The topological polar surface area (TPSA) is 139 Å². The molecule has 0 saturated heterocycles. The summed E-state index contributed by atoms with van der Waals surface area (Å²) in [5.74, 6) is -0.974. The fraction of sp³-hybridized carbons (Fsp3) is 0.375. The molecule has 0 fully saturated rings. The van der Waals surface area contributed by atoms with Crippen LogP contribution in [-0.4, -0.2) is 55.3 Å². The van der Waals surface area contributed by atoms with Gasteiger partial charge in [-0.15, -0.1) is 0 Å². The lowest BCUT2D eigenvalue weighted by molar-refractivity contribution is -0.385. The molecule has 3 aromatic carbocycles. The molecule has 1 unspecified atom stereocenters. The lowest BCUT2D eigenvalue weighted by Crippen LogP contribution is -2.55. The van der Waals surface area contributed by atoms with Crippen LogP contribution < -0.4 is 14.4 Å². The minimum absolute atomic E-state index is 0.0259. The summed E-state index contributed by atoms with van der Waals surface area (Å²) in [6.45, 7) is 9.89. The van der Waals surface area contributed by atoms with E-state index in [0.29, 0.717) is 0 Å². The van der Waals surface area contributed by atoms with Gasteiger partial charge >= 0.3 is 0 Å². The molecule has 0 spiro atoms. The summed E-state index contributed by atoms with van der Waals surface area (Å²) >= 11 is 6.29. The Morgan fingerprint density at radius 2 is 1.71 bits per heavy atom. The number of aryl methyl sites for hydroxylation is 2. The smallest absolute Gasteiger partial charge is 0.273 e. The van der Waals surface area contributed by atoms with Crippen molar-refractivity contribution in [3.63, 3.8) is 0 Å². The van der Waals surface area contributed by atoms with E-state index in [2.05, 4.69) is 5.32 Å². The monoisotopic (exact) mass is 658 g/mol. The minimum atomic E-state index is -4.63. The Bertz CT molecular complexity index is 1690. The van der Waals surface area contributed by atoms with Crippen LogP contribution in [0.3, 0.4) is 0 Å². The summed E-state index contributed by atoms with van der Waals surface area (Å²) in [6.07, 6.45) is 0.247. The van der Waals surface area contributed by atoms with Crippen LogP contribution in [0, 0.1) is 24.0 Å². The highest BCUT2D eigenvalue weighted by atomic mass is 35.5. The number of rotatable bonds is 12. The van der Waals surface area contributed by atoms with Crippen molar-refractivity contribution in [2.24, 2.45) is 0 Å². The molecule has 45 heavy (non-hydrogen) atoms. The predicted molar refractivity (Wildman–Crippen MR) is 174 cm³/mol. The van der Waals surface area contributed by atoms with Crippen LogP contribution in [0.1, 0.15) is 50.8 Å². The number of carbonyl (C=O) groups excluding carboxylic acids is 2. The number of sulfonamides is 1. The molecule has 0 saturated carbocycles. The van der Waals surface area contributed by atoms with Crippen molar-refractivity contribution in [3.8, 4) is 5.75 Å². The lowest BCUT2D eigenvalue weighted by atomic mass is 10.0. The predicted octanol–water partition coefficient (Wildman–Crippen LogP) is 5.79. The second kappa shape index (κ2) is 14.3. The second-order valence-electron chi connectivity index (χ2n) is 11.6. The number of nitro benzene ring substituents is 1. The van der Waals surface area contributed by atoms with Gasteiger partial charge in [-0.05, 0) is 76.4 Å². The Morgan fingerprint density at radius 3 is 2.29 bits per heavy atom. The zero-order chi connectivity index (χ0) is 33.7. The van der Waals surface area contributed by atoms with E-state index in [1.165, 1.54) is 49.3 Å². The maximum Gasteiger partial charge on any atom is 0.273 e. The van der Waals surface area contributed by atoms with Gasteiger partial charge in [-0.1, -0.05) is 48.9 Å². The first kappa shape index (κ1) is 35.3. The van der Waals surface area contributed by atoms with E-state index in [0.717, 1.165) is 21.5 Å². The third-order valence-corrected chi connectivity index (χ3v) is 9.13. The van der Waals surface area contributed by atoms with Crippen molar-refractivity contribution in [1.29, 1.82) is 0 Å². The third-order valence-electron chi connectivity index (χ3n) is 7.14. The molecule has 3 aromatic rings. The fourth-order valence-corrected chi connectivity index (χ4v) is 6.39. The van der Waals surface area contributed by atoms with Crippen LogP contribution in [0.2, 0.25) is 5.02 Å². The van der Waals surface area contributed by atoms with Gasteiger partial charge in [0.1, 0.15) is 18.3 Å². The highest BCUT2D eigenvalue weighted by Gasteiger charge is 2.36. The molecule has 0 bridgehead atoms. The molecule has 242 valence electrons. The molecule has 11 nitrogen and oxygen atoms in total. The van der Waals surface area contributed by atoms with Crippen LogP contribution in [0.15, 0.2) is 65.6 Å². The molecule has 0 aliphatic carbocycles. The zero-order valence-electron chi connectivity index (χ0n) is 26.5. The first-order valence-electron chi connectivity index (χ1n) is 14.3. The van der Waals surface area contributed by atoms with Gasteiger partial charge in [-0.3, -0.25) is 24.0 Å². The van der Waals surface area contributed by atoms with E-state index >= 15 is 0 Å². The summed E-state index contributed by atoms with van der Waals surface area (Å²) in [5.41, 5.74) is 0.884. The van der Waals surface area contributed by atoms with Crippen LogP contribution in [0.5, 0.6) is 5.75 Å². The van der Waals surface area contributed by atoms with Gasteiger partial charge < -0.3 is 15.0 Å². The number of nitrogens with one attached hydrogen (secondary N) is 1. The van der Waals surface area contributed by atoms with Gasteiger partial charge in [-0.2, -0.15) is 0 Å². The molecule has 0 radical (unpaired) electrons. The highest BCUT2D eigenvalue weighted by Crippen LogP contribution is 2.36. The molecule has 3 rings (SSSR count). The van der Waals surface area contributed by atoms with E-state index in [9.17, 15) is 28.1 Å². The molecule has 13 heteroatoms. The largest absolute Gasteiger partial charge is 0.495 e. The van der Waals surface area contributed by atoms with Gasteiger partial charge in [0.05, 0.1) is 22.6 Å². The minimum Gasteiger partial charge on any atom is -0.495 e. The Morgan fingerprint density at radius 1 is 1.04 bits per heavy atom. The van der Waals surface area contributed by atoms with Crippen molar-refractivity contribution in [3.05, 3.63) is 92.5 Å². The summed E-state index contributed by atoms with van der Waals surface area (Å²) in [6, 6.07) is 14.3. The zero-order valence-corrected chi connectivity index (χ0v) is 28.0. The number of hydrogen-bond acceptors (Lipinski definition) is 7. The highest BCUT2D eigenvalue weighted by molar-refractivity contribution is 7.92. The van der Waals surface area contributed by atoms with Crippen molar-refractivity contribution in [2.45, 2.75) is 71.0 Å². The van der Waals surface area contributed by atoms with E-state index in [4.69, 9.17) is 16.3 Å². The SMILES string of the molecule is CCC(C(=O)NC(C)(C)C)N(Cc1ccccc1C)C(=O)CN(c1cc(Cl)ccc1OC)S(=O)(=O)c1ccc(C)c([N+](=O)[O-])c1. The number of hydrogen-bond donors (Lipinski definition) is 1. The molecule has 1 atom stereocenters.